The number of nitrogens with one attached hydrogen (secondary N) is 1. The molecule has 0 aliphatic carbocycles. The summed E-state index contributed by atoms with van der Waals surface area (Å²) >= 11 is 0. The smallest absolute Gasteiger partial charge is 0.124 e. The Bertz CT molecular complexity index is 474. The number of fused-ring (bicyclic) bond motifs is 1. The standard InChI is InChI=1S/C18H28N2O/c1-4-15-10-19-14(9-13(2)3)11-20(15)17-12-21-18-8-6-5-7-16(17)18/h5-8,13-15,17,19H,4,9-12H2,1-3H3. The second-order valence-electron chi connectivity index (χ2n) is 6.86. The quantitative estimate of drug-likeness (QED) is 0.920. The summed E-state index contributed by atoms with van der Waals surface area (Å²) in [6.07, 6.45) is 2.45. The van der Waals surface area contributed by atoms with Crippen molar-refractivity contribution in [3.05, 3.63) is 29.8 Å². The molecule has 0 radical (unpaired) electrons. The molecule has 2 aliphatic heterocycles. The summed E-state index contributed by atoms with van der Waals surface area (Å²) in [5.41, 5.74) is 1.38. The van der Waals surface area contributed by atoms with E-state index in [0.717, 1.165) is 31.4 Å². The first-order chi connectivity index (χ1) is 10.2. The average molecular weight is 288 g/mol. The van der Waals surface area contributed by atoms with Gasteiger partial charge < -0.3 is 10.1 Å². The Hall–Kier alpha value is -1.06. The van der Waals surface area contributed by atoms with E-state index in [1.807, 2.05) is 0 Å². The number of nitrogens with zero attached hydrogens (tertiary/aromatic N) is 1. The first-order valence-electron chi connectivity index (χ1n) is 8.39. The molecule has 1 N–H and O–H groups in total. The van der Waals surface area contributed by atoms with E-state index < -0.39 is 0 Å². The van der Waals surface area contributed by atoms with Gasteiger partial charge in [0.15, 0.2) is 0 Å². The van der Waals surface area contributed by atoms with Gasteiger partial charge in [0.2, 0.25) is 0 Å². The molecule has 0 spiro atoms. The summed E-state index contributed by atoms with van der Waals surface area (Å²) in [7, 11) is 0. The lowest BCUT2D eigenvalue weighted by Crippen LogP contribution is -2.57. The summed E-state index contributed by atoms with van der Waals surface area (Å²) < 4.78 is 5.91. The molecular formula is C18H28N2O. The molecule has 0 amide bonds. The predicted octanol–water partition coefficient (Wildman–Crippen LogP) is 3.22. The Morgan fingerprint density at radius 3 is 2.90 bits per heavy atom. The Kier molecular flexibility index (Phi) is 4.51. The molecule has 2 aliphatic rings. The Labute approximate surface area is 128 Å². The van der Waals surface area contributed by atoms with Crippen LogP contribution in [0.2, 0.25) is 0 Å². The molecule has 3 unspecified atom stereocenters. The SMILES string of the molecule is CCC1CNC(CC(C)C)CN1C1COc2ccccc21. The maximum absolute atomic E-state index is 5.91. The van der Waals surface area contributed by atoms with Crippen LogP contribution in [0, 0.1) is 5.92 Å². The monoisotopic (exact) mass is 288 g/mol. The van der Waals surface area contributed by atoms with E-state index in [1.165, 1.54) is 18.4 Å². The van der Waals surface area contributed by atoms with Gasteiger partial charge in [0.05, 0.1) is 6.04 Å². The third-order valence-corrected chi connectivity index (χ3v) is 4.84. The highest BCUT2D eigenvalue weighted by molar-refractivity contribution is 5.39. The van der Waals surface area contributed by atoms with E-state index in [-0.39, 0.29) is 0 Å². The fourth-order valence-corrected chi connectivity index (χ4v) is 3.80. The van der Waals surface area contributed by atoms with Crippen molar-refractivity contribution in [2.24, 2.45) is 5.92 Å². The zero-order valence-corrected chi connectivity index (χ0v) is 13.5. The number of ether oxygens (including phenoxy) is 1. The molecule has 2 heterocycles. The molecular weight excluding hydrogens is 260 g/mol. The van der Waals surface area contributed by atoms with E-state index >= 15 is 0 Å². The summed E-state index contributed by atoms with van der Waals surface area (Å²) in [5, 5.41) is 3.75. The third kappa shape index (κ3) is 3.09. The van der Waals surface area contributed by atoms with Crippen LogP contribution in [0.25, 0.3) is 0 Å². The first-order valence-corrected chi connectivity index (χ1v) is 8.39. The average Bonchev–Trinajstić information content (AvgIpc) is 2.90. The highest BCUT2D eigenvalue weighted by Crippen LogP contribution is 2.38. The van der Waals surface area contributed by atoms with Crippen LogP contribution in [-0.4, -0.2) is 36.7 Å². The lowest BCUT2D eigenvalue weighted by Gasteiger charge is -2.43. The van der Waals surface area contributed by atoms with Crippen LogP contribution in [0.1, 0.15) is 45.2 Å². The molecule has 3 nitrogen and oxygen atoms in total. The van der Waals surface area contributed by atoms with Crippen LogP contribution in [0.5, 0.6) is 5.75 Å². The Morgan fingerprint density at radius 2 is 2.14 bits per heavy atom. The van der Waals surface area contributed by atoms with Crippen molar-refractivity contribution in [1.82, 2.24) is 10.2 Å². The van der Waals surface area contributed by atoms with Gasteiger partial charge in [-0.05, 0) is 24.8 Å². The number of rotatable bonds is 4. The molecule has 3 rings (SSSR count). The maximum atomic E-state index is 5.91. The van der Waals surface area contributed by atoms with Gasteiger partial charge in [-0.15, -0.1) is 0 Å². The molecule has 3 heteroatoms. The molecule has 1 aromatic carbocycles. The van der Waals surface area contributed by atoms with Gasteiger partial charge in [-0.3, -0.25) is 4.90 Å². The van der Waals surface area contributed by atoms with Crippen molar-refractivity contribution in [2.75, 3.05) is 19.7 Å². The largest absolute Gasteiger partial charge is 0.491 e. The number of hydrogen-bond donors (Lipinski definition) is 1. The van der Waals surface area contributed by atoms with Gasteiger partial charge in [0, 0.05) is 30.7 Å². The van der Waals surface area contributed by atoms with Crippen LogP contribution in [-0.2, 0) is 0 Å². The van der Waals surface area contributed by atoms with E-state index in [1.54, 1.807) is 0 Å². The van der Waals surface area contributed by atoms with Crippen molar-refractivity contribution in [3.8, 4) is 5.75 Å². The predicted molar refractivity (Wildman–Crippen MR) is 86.7 cm³/mol. The van der Waals surface area contributed by atoms with Crippen LogP contribution in [0.4, 0.5) is 0 Å². The topological polar surface area (TPSA) is 24.5 Å². The van der Waals surface area contributed by atoms with Gasteiger partial charge in [-0.2, -0.15) is 0 Å². The second kappa shape index (κ2) is 6.37. The van der Waals surface area contributed by atoms with Crippen LogP contribution < -0.4 is 10.1 Å². The molecule has 0 aromatic heterocycles. The number of hydrogen-bond acceptors (Lipinski definition) is 3. The van der Waals surface area contributed by atoms with E-state index in [4.69, 9.17) is 4.74 Å². The molecule has 116 valence electrons. The lowest BCUT2D eigenvalue weighted by molar-refractivity contribution is 0.0617. The van der Waals surface area contributed by atoms with Crippen molar-refractivity contribution in [1.29, 1.82) is 0 Å². The minimum absolute atomic E-state index is 0.433. The van der Waals surface area contributed by atoms with Crippen LogP contribution in [0.15, 0.2) is 24.3 Å². The van der Waals surface area contributed by atoms with E-state index in [9.17, 15) is 0 Å². The molecule has 1 saturated heterocycles. The number of benzene rings is 1. The molecule has 1 fully saturated rings. The van der Waals surface area contributed by atoms with Gasteiger partial charge in [-0.25, -0.2) is 0 Å². The lowest BCUT2D eigenvalue weighted by atomic mass is 9.96. The summed E-state index contributed by atoms with van der Waals surface area (Å²) in [6.45, 7) is 9.97. The van der Waals surface area contributed by atoms with Crippen LogP contribution >= 0.6 is 0 Å². The highest BCUT2D eigenvalue weighted by Gasteiger charge is 2.36. The van der Waals surface area contributed by atoms with Gasteiger partial charge in [0.25, 0.3) is 0 Å². The maximum Gasteiger partial charge on any atom is 0.124 e. The summed E-state index contributed by atoms with van der Waals surface area (Å²) in [6, 6.07) is 10.2. The first kappa shape index (κ1) is 14.9. The van der Waals surface area contributed by atoms with Gasteiger partial charge in [-0.1, -0.05) is 39.0 Å². The highest BCUT2D eigenvalue weighted by atomic mass is 16.5. The van der Waals surface area contributed by atoms with Crippen molar-refractivity contribution >= 4 is 0 Å². The summed E-state index contributed by atoms with van der Waals surface area (Å²) in [5.74, 6) is 1.82. The van der Waals surface area contributed by atoms with E-state index in [2.05, 4.69) is 55.3 Å². The molecule has 3 atom stereocenters. The molecule has 0 saturated carbocycles. The van der Waals surface area contributed by atoms with Crippen molar-refractivity contribution in [3.63, 3.8) is 0 Å². The number of piperazine rings is 1. The molecule has 0 bridgehead atoms. The molecule has 21 heavy (non-hydrogen) atoms. The van der Waals surface area contributed by atoms with Crippen LogP contribution in [0.3, 0.4) is 0 Å². The zero-order chi connectivity index (χ0) is 14.8. The Morgan fingerprint density at radius 1 is 1.33 bits per heavy atom. The number of para-hydroxylation sites is 1. The second-order valence-corrected chi connectivity index (χ2v) is 6.86. The van der Waals surface area contributed by atoms with Gasteiger partial charge >= 0.3 is 0 Å². The minimum atomic E-state index is 0.433. The zero-order valence-electron chi connectivity index (χ0n) is 13.5. The summed E-state index contributed by atoms with van der Waals surface area (Å²) in [4.78, 5) is 2.69. The fourth-order valence-electron chi connectivity index (χ4n) is 3.80. The van der Waals surface area contributed by atoms with Crippen molar-refractivity contribution in [2.45, 2.75) is 51.7 Å². The van der Waals surface area contributed by atoms with Gasteiger partial charge in [0.1, 0.15) is 12.4 Å². The van der Waals surface area contributed by atoms with Crippen molar-refractivity contribution < 1.29 is 4.74 Å². The third-order valence-electron chi connectivity index (χ3n) is 4.84. The normalized spacial score (nSPS) is 29.4. The fraction of sp³-hybridized carbons (Fsp3) is 0.667. The van der Waals surface area contributed by atoms with E-state index in [0.29, 0.717) is 18.1 Å². The Balaban J connectivity index is 1.78. The minimum Gasteiger partial charge on any atom is -0.491 e. The molecule has 1 aromatic rings.